The Kier molecular flexibility index (Phi) is 3.12. The van der Waals surface area contributed by atoms with Gasteiger partial charge in [-0.25, -0.2) is 0 Å². The molecule has 1 unspecified atom stereocenters. The average Bonchev–Trinajstić information content (AvgIpc) is 2.50. The number of likely N-dealkylation sites (tertiary alicyclic amines) is 1. The maximum absolute atomic E-state index is 12.1. The lowest BCUT2D eigenvalue weighted by atomic mass is 10.1. The first kappa shape index (κ1) is 8.78. The van der Waals surface area contributed by atoms with Gasteiger partial charge < -0.3 is 4.90 Å². The molecule has 0 aromatic rings. The van der Waals surface area contributed by atoms with Gasteiger partial charge in [-0.15, -0.1) is 11.6 Å². The van der Waals surface area contributed by atoms with Crippen LogP contribution in [0.5, 0.6) is 0 Å². The SMILES string of the molecule is O=C(CCl)N1CCC(CF)C1. The molecule has 1 aliphatic heterocycles. The van der Waals surface area contributed by atoms with Crippen LogP contribution in [0.2, 0.25) is 0 Å². The monoisotopic (exact) mass is 179 g/mol. The van der Waals surface area contributed by atoms with Crippen LogP contribution < -0.4 is 0 Å². The fourth-order valence-electron chi connectivity index (χ4n) is 1.27. The van der Waals surface area contributed by atoms with E-state index in [9.17, 15) is 9.18 Å². The third-order valence-electron chi connectivity index (χ3n) is 1.97. The maximum Gasteiger partial charge on any atom is 0.237 e. The number of nitrogens with zero attached hydrogens (tertiary/aromatic N) is 1. The van der Waals surface area contributed by atoms with Crippen LogP contribution in [0.15, 0.2) is 0 Å². The third-order valence-corrected chi connectivity index (χ3v) is 2.20. The number of carbonyl (C=O) groups is 1. The Labute approximate surface area is 70.3 Å². The number of alkyl halides is 2. The molecule has 64 valence electrons. The van der Waals surface area contributed by atoms with E-state index in [4.69, 9.17) is 11.6 Å². The van der Waals surface area contributed by atoms with Crippen molar-refractivity contribution in [2.75, 3.05) is 25.6 Å². The Hall–Kier alpha value is -0.310. The highest BCUT2D eigenvalue weighted by Crippen LogP contribution is 2.16. The highest BCUT2D eigenvalue weighted by molar-refractivity contribution is 6.27. The zero-order chi connectivity index (χ0) is 8.27. The first-order valence-corrected chi connectivity index (χ1v) is 4.21. The van der Waals surface area contributed by atoms with Crippen molar-refractivity contribution in [1.29, 1.82) is 0 Å². The second-order valence-electron chi connectivity index (χ2n) is 2.78. The molecule has 1 heterocycles. The molecule has 4 heteroatoms. The van der Waals surface area contributed by atoms with Crippen LogP contribution in [0, 0.1) is 5.92 Å². The summed E-state index contributed by atoms with van der Waals surface area (Å²) in [7, 11) is 0. The summed E-state index contributed by atoms with van der Waals surface area (Å²) in [6.07, 6.45) is 0.777. The summed E-state index contributed by atoms with van der Waals surface area (Å²) < 4.78 is 12.1. The molecule has 1 saturated heterocycles. The van der Waals surface area contributed by atoms with E-state index in [1.807, 2.05) is 0 Å². The number of halogens is 2. The molecule has 1 fully saturated rings. The quantitative estimate of drug-likeness (QED) is 0.581. The second-order valence-corrected chi connectivity index (χ2v) is 3.05. The summed E-state index contributed by atoms with van der Waals surface area (Å²) in [5.41, 5.74) is 0. The van der Waals surface area contributed by atoms with Gasteiger partial charge in [0.2, 0.25) is 5.91 Å². The molecule has 2 nitrogen and oxygen atoms in total. The highest BCUT2D eigenvalue weighted by atomic mass is 35.5. The van der Waals surface area contributed by atoms with E-state index >= 15 is 0 Å². The van der Waals surface area contributed by atoms with E-state index in [2.05, 4.69) is 0 Å². The lowest BCUT2D eigenvalue weighted by Gasteiger charge is -2.13. The van der Waals surface area contributed by atoms with Crippen LogP contribution in [0.1, 0.15) is 6.42 Å². The van der Waals surface area contributed by atoms with E-state index < -0.39 is 0 Å². The largest absolute Gasteiger partial charge is 0.341 e. The van der Waals surface area contributed by atoms with Crippen molar-refractivity contribution in [1.82, 2.24) is 4.90 Å². The number of carbonyl (C=O) groups excluding carboxylic acids is 1. The van der Waals surface area contributed by atoms with E-state index in [-0.39, 0.29) is 24.4 Å². The summed E-state index contributed by atoms with van der Waals surface area (Å²) in [6, 6.07) is 0. The summed E-state index contributed by atoms with van der Waals surface area (Å²) in [4.78, 5) is 12.6. The summed E-state index contributed by atoms with van der Waals surface area (Å²) in [5, 5.41) is 0. The molecule has 0 aromatic heterocycles. The van der Waals surface area contributed by atoms with Crippen LogP contribution in [-0.4, -0.2) is 36.5 Å². The van der Waals surface area contributed by atoms with E-state index in [0.717, 1.165) is 6.42 Å². The number of rotatable bonds is 2. The van der Waals surface area contributed by atoms with Crippen LogP contribution >= 0.6 is 11.6 Å². The molecule has 1 rings (SSSR count). The minimum atomic E-state index is -0.327. The standard InChI is InChI=1S/C7H11ClFNO/c8-3-7(11)10-2-1-6(4-9)5-10/h6H,1-5H2. The van der Waals surface area contributed by atoms with Crippen molar-refractivity contribution < 1.29 is 9.18 Å². The third kappa shape index (κ3) is 2.06. The smallest absolute Gasteiger partial charge is 0.237 e. The lowest BCUT2D eigenvalue weighted by Crippen LogP contribution is -2.29. The predicted molar refractivity (Wildman–Crippen MR) is 41.4 cm³/mol. The molecule has 0 saturated carbocycles. The van der Waals surface area contributed by atoms with Gasteiger partial charge >= 0.3 is 0 Å². The Morgan fingerprint density at radius 3 is 2.91 bits per heavy atom. The highest BCUT2D eigenvalue weighted by Gasteiger charge is 2.24. The van der Waals surface area contributed by atoms with Gasteiger partial charge in [0.25, 0.3) is 0 Å². The minimum Gasteiger partial charge on any atom is -0.341 e. The Morgan fingerprint density at radius 1 is 1.73 bits per heavy atom. The molecular weight excluding hydrogens is 169 g/mol. The van der Waals surface area contributed by atoms with Crippen molar-refractivity contribution in [2.24, 2.45) is 5.92 Å². The summed E-state index contributed by atoms with van der Waals surface area (Å²) in [6.45, 7) is 0.883. The van der Waals surface area contributed by atoms with Crippen LogP contribution in [0.25, 0.3) is 0 Å². The molecule has 1 atom stereocenters. The van der Waals surface area contributed by atoms with Crippen molar-refractivity contribution in [2.45, 2.75) is 6.42 Å². The van der Waals surface area contributed by atoms with Crippen molar-refractivity contribution in [3.05, 3.63) is 0 Å². The maximum atomic E-state index is 12.1. The van der Waals surface area contributed by atoms with E-state index in [0.29, 0.717) is 13.1 Å². The number of hydrogen-bond acceptors (Lipinski definition) is 1. The number of amides is 1. The molecule has 0 aliphatic carbocycles. The molecular formula is C7H11ClFNO. The Morgan fingerprint density at radius 2 is 2.45 bits per heavy atom. The Bertz CT molecular complexity index is 153. The van der Waals surface area contributed by atoms with Crippen LogP contribution in [0.4, 0.5) is 4.39 Å². The molecule has 0 spiro atoms. The Balaban J connectivity index is 2.35. The van der Waals surface area contributed by atoms with Gasteiger partial charge in [0.15, 0.2) is 0 Å². The predicted octanol–water partition coefficient (Wildman–Crippen LogP) is 1.04. The topological polar surface area (TPSA) is 20.3 Å². The number of hydrogen-bond donors (Lipinski definition) is 0. The van der Waals surface area contributed by atoms with Gasteiger partial charge in [0.1, 0.15) is 5.88 Å². The first-order chi connectivity index (χ1) is 5.27. The van der Waals surface area contributed by atoms with E-state index in [1.165, 1.54) is 0 Å². The van der Waals surface area contributed by atoms with Crippen molar-refractivity contribution >= 4 is 17.5 Å². The van der Waals surface area contributed by atoms with Gasteiger partial charge in [-0.2, -0.15) is 0 Å². The zero-order valence-corrected chi connectivity index (χ0v) is 6.98. The van der Waals surface area contributed by atoms with Gasteiger partial charge in [0, 0.05) is 19.0 Å². The van der Waals surface area contributed by atoms with Crippen LogP contribution in [-0.2, 0) is 4.79 Å². The van der Waals surface area contributed by atoms with Gasteiger partial charge in [0.05, 0.1) is 6.67 Å². The molecule has 11 heavy (non-hydrogen) atoms. The fraction of sp³-hybridized carbons (Fsp3) is 0.857. The molecule has 0 bridgehead atoms. The summed E-state index contributed by atoms with van der Waals surface area (Å²) >= 11 is 5.34. The van der Waals surface area contributed by atoms with Crippen LogP contribution in [0.3, 0.4) is 0 Å². The summed E-state index contributed by atoms with van der Waals surface area (Å²) in [5.74, 6) is -0.0243. The second kappa shape index (κ2) is 3.90. The van der Waals surface area contributed by atoms with Crippen molar-refractivity contribution in [3.8, 4) is 0 Å². The first-order valence-electron chi connectivity index (χ1n) is 3.67. The molecule has 1 amide bonds. The molecule has 1 aliphatic rings. The molecule has 0 aromatic carbocycles. The lowest BCUT2D eigenvalue weighted by molar-refractivity contribution is -0.127. The van der Waals surface area contributed by atoms with E-state index in [1.54, 1.807) is 4.90 Å². The molecule has 0 N–H and O–H groups in total. The van der Waals surface area contributed by atoms with Gasteiger partial charge in [-0.05, 0) is 6.42 Å². The average molecular weight is 180 g/mol. The normalized spacial score (nSPS) is 24.2. The molecule has 0 radical (unpaired) electrons. The zero-order valence-electron chi connectivity index (χ0n) is 6.22. The minimum absolute atomic E-state index is 0.0129. The van der Waals surface area contributed by atoms with Crippen molar-refractivity contribution in [3.63, 3.8) is 0 Å². The fourth-order valence-corrected chi connectivity index (χ4v) is 1.44. The van der Waals surface area contributed by atoms with Gasteiger partial charge in [-0.1, -0.05) is 0 Å². The van der Waals surface area contributed by atoms with Gasteiger partial charge in [-0.3, -0.25) is 9.18 Å².